The van der Waals surface area contributed by atoms with Gasteiger partial charge in [-0.15, -0.1) is 0 Å². The normalized spacial score (nSPS) is 15.5. The van der Waals surface area contributed by atoms with Gasteiger partial charge in [0.25, 0.3) is 5.91 Å². The van der Waals surface area contributed by atoms with Gasteiger partial charge < -0.3 is 14.6 Å². The first-order valence-electron chi connectivity index (χ1n) is 13.5. The van der Waals surface area contributed by atoms with Crippen molar-refractivity contribution in [2.75, 3.05) is 26.2 Å². The molecule has 0 aliphatic carbocycles. The number of nitrogens with zero attached hydrogens (tertiary/aromatic N) is 3. The number of imidazole rings is 1. The molecule has 194 valence electrons. The largest absolute Gasteiger partial charge is 0.336 e. The minimum Gasteiger partial charge on any atom is -0.336 e. The quantitative estimate of drug-likeness (QED) is 0.347. The predicted molar refractivity (Wildman–Crippen MR) is 155 cm³/mol. The summed E-state index contributed by atoms with van der Waals surface area (Å²) in [7, 11) is 0. The molecule has 1 aliphatic heterocycles. The molecule has 1 aromatic carbocycles. The second-order valence-electron chi connectivity index (χ2n) is 9.95. The number of unbranched alkanes of at least 4 members (excludes halogenated alkanes) is 1. The lowest BCUT2D eigenvalue weighted by atomic mass is 9.91. The smallest absolute Gasteiger partial charge is 0.254 e. The monoisotopic (exact) mass is 496 g/mol. The van der Waals surface area contributed by atoms with E-state index in [1.165, 1.54) is 35.1 Å². The van der Waals surface area contributed by atoms with Gasteiger partial charge in [0.1, 0.15) is 5.65 Å². The van der Waals surface area contributed by atoms with Crippen LogP contribution in [0.15, 0.2) is 72.0 Å². The van der Waals surface area contributed by atoms with E-state index in [1.54, 1.807) is 0 Å². The van der Waals surface area contributed by atoms with Crippen LogP contribution in [0, 0.1) is 6.92 Å². The van der Waals surface area contributed by atoms with Crippen molar-refractivity contribution >= 4 is 17.1 Å². The van der Waals surface area contributed by atoms with Crippen LogP contribution in [-0.2, 0) is 0 Å². The number of hydrogen-bond donors (Lipinski definition) is 1. The van der Waals surface area contributed by atoms with Gasteiger partial charge in [-0.2, -0.15) is 0 Å². The summed E-state index contributed by atoms with van der Waals surface area (Å²) in [5.74, 6) is 0.0748. The van der Waals surface area contributed by atoms with Crippen molar-refractivity contribution in [2.24, 2.45) is 0 Å². The first kappa shape index (κ1) is 26.6. The molecule has 1 aliphatic rings. The highest BCUT2D eigenvalue weighted by atomic mass is 16.2. The molecule has 0 spiro atoms. The molecule has 3 aromatic rings. The van der Waals surface area contributed by atoms with Crippen LogP contribution in [0.2, 0.25) is 0 Å². The lowest BCUT2D eigenvalue weighted by molar-refractivity contribution is 0.0736. The molecule has 1 amide bonds. The third-order valence-corrected chi connectivity index (χ3v) is 7.31. The average molecular weight is 497 g/mol. The number of carbonyl (C=O) groups is 1. The number of hydrogen-bond acceptors (Lipinski definition) is 3. The van der Waals surface area contributed by atoms with Crippen molar-refractivity contribution in [3.05, 3.63) is 88.8 Å². The predicted octanol–water partition coefficient (Wildman–Crippen LogP) is 6.84. The average Bonchev–Trinajstić information content (AvgIpc) is 3.27. The van der Waals surface area contributed by atoms with Gasteiger partial charge in [-0.1, -0.05) is 61.4 Å². The van der Waals surface area contributed by atoms with Crippen LogP contribution >= 0.6 is 0 Å². The Morgan fingerprint density at radius 2 is 1.86 bits per heavy atom. The maximum absolute atomic E-state index is 13.1. The number of aryl methyl sites for hydroxylation is 1. The van der Waals surface area contributed by atoms with Gasteiger partial charge in [-0.25, -0.2) is 4.98 Å². The van der Waals surface area contributed by atoms with Gasteiger partial charge in [0.2, 0.25) is 0 Å². The molecule has 0 atom stereocenters. The van der Waals surface area contributed by atoms with Gasteiger partial charge in [-0.3, -0.25) is 4.79 Å². The molecule has 0 bridgehead atoms. The first-order chi connectivity index (χ1) is 17.9. The number of fused-ring (bicyclic) bond motifs is 1. The van der Waals surface area contributed by atoms with Gasteiger partial charge in [-0.05, 0) is 69.4 Å². The van der Waals surface area contributed by atoms with Crippen molar-refractivity contribution < 1.29 is 4.79 Å². The molecule has 0 radical (unpaired) electrons. The summed E-state index contributed by atoms with van der Waals surface area (Å²) in [4.78, 5) is 20.1. The van der Waals surface area contributed by atoms with Crippen LogP contribution in [0.25, 0.3) is 22.5 Å². The Morgan fingerprint density at radius 1 is 1.11 bits per heavy atom. The standard InChI is InChI=1S/C32H40N4O/c1-6-8-11-23(3)14-15-27(24(4)7-2)28-12-9-10-13-29(28)31-25(5)36-19-16-26(22-30(36)34-31)32(37)35-20-17-33-18-21-35/h7,9-10,12-16,19,22,33H,6,8,11,17-18,20-21H2,1-5H3/b23-14+,24-7-,27-15+. The molecule has 4 rings (SSSR count). The van der Waals surface area contributed by atoms with E-state index < -0.39 is 0 Å². The van der Waals surface area contributed by atoms with Crippen LogP contribution in [0.4, 0.5) is 0 Å². The number of pyridine rings is 1. The summed E-state index contributed by atoms with van der Waals surface area (Å²) >= 11 is 0. The fraction of sp³-hybridized carbons (Fsp3) is 0.375. The summed E-state index contributed by atoms with van der Waals surface area (Å²) in [5.41, 5.74) is 9.61. The van der Waals surface area contributed by atoms with E-state index in [4.69, 9.17) is 4.98 Å². The maximum Gasteiger partial charge on any atom is 0.254 e. The Labute approximate surface area is 221 Å². The summed E-state index contributed by atoms with van der Waals surface area (Å²) in [6.45, 7) is 14.0. The zero-order valence-electron chi connectivity index (χ0n) is 23.0. The number of carbonyl (C=O) groups excluding carboxylic acids is 1. The maximum atomic E-state index is 13.1. The minimum atomic E-state index is 0.0748. The van der Waals surface area contributed by atoms with Crippen molar-refractivity contribution in [1.82, 2.24) is 19.6 Å². The number of benzene rings is 1. The van der Waals surface area contributed by atoms with Gasteiger partial charge >= 0.3 is 0 Å². The van der Waals surface area contributed by atoms with E-state index >= 15 is 0 Å². The third-order valence-electron chi connectivity index (χ3n) is 7.31. The van der Waals surface area contributed by atoms with Gasteiger partial charge in [0.05, 0.1) is 5.69 Å². The topological polar surface area (TPSA) is 49.6 Å². The second-order valence-corrected chi connectivity index (χ2v) is 9.95. The van der Waals surface area contributed by atoms with Crippen molar-refractivity contribution in [1.29, 1.82) is 0 Å². The Morgan fingerprint density at radius 3 is 2.59 bits per heavy atom. The van der Waals surface area contributed by atoms with Gasteiger partial charge in [0, 0.05) is 49.2 Å². The van der Waals surface area contributed by atoms with E-state index in [0.29, 0.717) is 5.56 Å². The fourth-order valence-electron chi connectivity index (χ4n) is 4.88. The van der Waals surface area contributed by atoms with Gasteiger partial charge in [0.15, 0.2) is 0 Å². The highest BCUT2D eigenvalue weighted by Crippen LogP contribution is 2.34. The van der Waals surface area contributed by atoms with Crippen LogP contribution in [0.3, 0.4) is 0 Å². The number of aromatic nitrogens is 2. The lowest BCUT2D eigenvalue weighted by Crippen LogP contribution is -2.46. The first-order valence-corrected chi connectivity index (χ1v) is 13.5. The third kappa shape index (κ3) is 5.94. The van der Waals surface area contributed by atoms with Crippen LogP contribution in [0.5, 0.6) is 0 Å². The molecule has 1 fully saturated rings. The summed E-state index contributed by atoms with van der Waals surface area (Å²) < 4.78 is 2.08. The zero-order chi connectivity index (χ0) is 26.4. The molecule has 0 unspecified atom stereocenters. The molecule has 5 nitrogen and oxygen atoms in total. The van der Waals surface area contributed by atoms with E-state index in [1.807, 2.05) is 23.2 Å². The van der Waals surface area contributed by atoms with E-state index in [2.05, 4.69) is 86.8 Å². The molecular weight excluding hydrogens is 456 g/mol. The molecule has 1 saturated heterocycles. The second kappa shape index (κ2) is 12.2. The lowest BCUT2D eigenvalue weighted by Gasteiger charge is -2.27. The number of amides is 1. The van der Waals surface area contributed by atoms with Crippen molar-refractivity contribution in [3.63, 3.8) is 0 Å². The summed E-state index contributed by atoms with van der Waals surface area (Å²) in [6, 6.07) is 12.4. The fourth-order valence-corrected chi connectivity index (χ4v) is 4.88. The van der Waals surface area contributed by atoms with E-state index in [-0.39, 0.29) is 5.91 Å². The van der Waals surface area contributed by atoms with Crippen LogP contribution in [-0.4, -0.2) is 46.4 Å². The molecule has 0 saturated carbocycles. The molecule has 37 heavy (non-hydrogen) atoms. The van der Waals surface area contributed by atoms with E-state index in [9.17, 15) is 4.79 Å². The van der Waals surface area contributed by atoms with Crippen molar-refractivity contribution in [3.8, 4) is 11.3 Å². The Hall–Kier alpha value is -3.44. The number of allylic oxidation sites excluding steroid dienone is 6. The Balaban J connectivity index is 1.76. The molecule has 1 N–H and O–H groups in total. The van der Waals surface area contributed by atoms with Crippen molar-refractivity contribution in [2.45, 2.75) is 53.9 Å². The van der Waals surface area contributed by atoms with E-state index in [0.717, 1.165) is 55.2 Å². The van der Waals surface area contributed by atoms with Crippen LogP contribution < -0.4 is 5.32 Å². The SMILES string of the molecule is C\C=C(C)/C(=C\C=C(/C)CCCC)c1ccccc1-c1nc2cc(C(=O)N3CCNCC3)ccn2c1C. The minimum absolute atomic E-state index is 0.0748. The molecule has 3 heterocycles. The number of nitrogens with one attached hydrogen (secondary N) is 1. The molecule has 2 aromatic heterocycles. The zero-order valence-corrected chi connectivity index (χ0v) is 23.0. The highest BCUT2D eigenvalue weighted by Gasteiger charge is 2.20. The Bertz CT molecular complexity index is 1350. The number of rotatable bonds is 8. The molecular formula is C32H40N4O. The number of piperazine rings is 1. The molecule has 5 heteroatoms. The highest BCUT2D eigenvalue weighted by molar-refractivity contribution is 5.95. The Kier molecular flexibility index (Phi) is 8.78. The summed E-state index contributed by atoms with van der Waals surface area (Å²) in [5, 5.41) is 3.31. The summed E-state index contributed by atoms with van der Waals surface area (Å²) in [6.07, 6.45) is 12.2. The van der Waals surface area contributed by atoms with Crippen LogP contribution in [0.1, 0.15) is 68.6 Å².